The van der Waals surface area contributed by atoms with E-state index in [0.717, 1.165) is 53.8 Å². The van der Waals surface area contributed by atoms with E-state index < -0.39 is 0 Å². The number of ether oxygens (including phenoxy) is 1. The van der Waals surface area contributed by atoms with Crippen LogP contribution in [0.5, 0.6) is 5.75 Å². The van der Waals surface area contributed by atoms with Gasteiger partial charge in [0.05, 0.1) is 12.3 Å². The van der Waals surface area contributed by atoms with Crippen molar-refractivity contribution in [2.45, 2.75) is 45.6 Å². The molecule has 0 bridgehead atoms. The van der Waals surface area contributed by atoms with Crippen LogP contribution in [0.15, 0.2) is 24.3 Å². The lowest BCUT2D eigenvalue weighted by molar-refractivity contribution is -0.139. The number of nitrogen functional groups attached to an aromatic ring is 1. The average molecular weight is 390 g/mol. The highest BCUT2D eigenvalue weighted by atomic mass is 16.5. The van der Waals surface area contributed by atoms with E-state index >= 15 is 0 Å². The van der Waals surface area contributed by atoms with Gasteiger partial charge in [-0.05, 0) is 25.3 Å². The zero-order valence-corrected chi connectivity index (χ0v) is 16.8. The molecule has 4 rings (SSSR count). The van der Waals surface area contributed by atoms with E-state index in [1.165, 1.54) is 0 Å². The molecule has 1 aromatic heterocycles. The second-order valence-corrected chi connectivity index (χ2v) is 7.77. The molecule has 1 aliphatic heterocycles. The molecule has 2 N–H and O–H groups in total. The lowest BCUT2D eigenvalue weighted by Crippen LogP contribution is -2.42. The first kappa shape index (κ1) is 19.3. The molecule has 0 saturated heterocycles. The number of carbonyl (C=O) groups excluding carboxylic acids is 1. The minimum Gasteiger partial charge on any atom is -0.493 e. The number of nitrogens with two attached hydrogens (primary N) is 1. The van der Waals surface area contributed by atoms with Crippen LogP contribution in [0.1, 0.15) is 49.4 Å². The first-order chi connectivity index (χ1) is 14.1. The molecule has 1 aliphatic carbocycles. The standard InChI is InChI=1S/C23H26N4O2/c1-2-12-29-20-9-4-3-8-16(20)21-17(13-24)22(25)26-19-10-11-27(14-18(19)21)23(28)15-6-5-7-15/h3-4,8-9,15H,2,5-7,10-12,14H2,1H3,(H2,25,26). The number of amides is 1. The van der Waals surface area contributed by atoms with Crippen LogP contribution in [0.25, 0.3) is 11.1 Å². The Balaban J connectivity index is 1.81. The van der Waals surface area contributed by atoms with Crippen LogP contribution >= 0.6 is 0 Å². The van der Waals surface area contributed by atoms with E-state index in [-0.39, 0.29) is 17.6 Å². The van der Waals surface area contributed by atoms with Crippen LogP contribution in [-0.4, -0.2) is 28.9 Å². The number of carbonyl (C=O) groups is 1. The molecule has 1 fully saturated rings. The van der Waals surface area contributed by atoms with Crippen LogP contribution in [0.2, 0.25) is 0 Å². The fourth-order valence-corrected chi connectivity index (χ4v) is 4.10. The van der Waals surface area contributed by atoms with Gasteiger partial charge in [0.15, 0.2) is 0 Å². The number of anilines is 1. The molecule has 6 heteroatoms. The molecule has 2 aromatic rings. The van der Waals surface area contributed by atoms with Crippen molar-refractivity contribution in [1.82, 2.24) is 9.88 Å². The molecule has 1 saturated carbocycles. The first-order valence-electron chi connectivity index (χ1n) is 10.4. The number of nitrogens with zero attached hydrogens (tertiary/aromatic N) is 3. The summed E-state index contributed by atoms with van der Waals surface area (Å²) in [6.45, 7) is 3.76. The summed E-state index contributed by atoms with van der Waals surface area (Å²) in [6.07, 6.45) is 4.62. The summed E-state index contributed by atoms with van der Waals surface area (Å²) in [7, 11) is 0. The Hall–Kier alpha value is -3.07. The molecule has 29 heavy (non-hydrogen) atoms. The van der Waals surface area contributed by atoms with Gasteiger partial charge < -0.3 is 15.4 Å². The van der Waals surface area contributed by atoms with E-state index in [1.807, 2.05) is 29.2 Å². The van der Waals surface area contributed by atoms with Crippen molar-refractivity contribution in [1.29, 1.82) is 5.26 Å². The van der Waals surface area contributed by atoms with Crippen molar-refractivity contribution in [3.8, 4) is 22.9 Å². The number of aromatic nitrogens is 1. The number of hydrogen-bond acceptors (Lipinski definition) is 5. The van der Waals surface area contributed by atoms with Crippen molar-refractivity contribution in [3.05, 3.63) is 41.1 Å². The van der Waals surface area contributed by atoms with Crippen LogP contribution in [0.3, 0.4) is 0 Å². The summed E-state index contributed by atoms with van der Waals surface area (Å²) >= 11 is 0. The normalized spacial score (nSPS) is 15.9. The summed E-state index contributed by atoms with van der Waals surface area (Å²) in [5.74, 6) is 1.34. The third kappa shape index (κ3) is 3.53. The second-order valence-electron chi connectivity index (χ2n) is 7.77. The van der Waals surface area contributed by atoms with Crippen molar-refractivity contribution in [2.75, 3.05) is 18.9 Å². The maximum Gasteiger partial charge on any atom is 0.225 e. The summed E-state index contributed by atoms with van der Waals surface area (Å²) < 4.78 is 5.96. The van der Waals surface area contributed by atoms with E-state index in [2.05, 4.69) is 18.0 Å². The van der Waals surface area contributed by atoms with Gasteiger partial charge >= 0.3 is 0 Å². The molecule has 2 aliphatic rings. The van der Waals surface area contributed by atoms with E-state index in [0.29, 0.717) is 31.7 Å². The highest BCUT2D eigenvalue weighted by Gasteiger charge is 2.33. The Labute approximate surface area is 171 Å². The molecule has 2 heterocycles. The fraction of sp³-hybridized carbons (Fsp3) is 0.435. The Morgan fingerprint density at radius 2 is 2.17 bits per heavy atom. The van der Waals surface area contributed by atoms with Crippen molar-refractivity contribution in [2.24, 2.45) is 5.92 Å². The Morgan fingerprint density at radius 1 is 1.38 bits per heavy atom. The maximum absolute atomic E-state index is 12.9. The van der Waals surface area contributed by atoms with Crippen molar-refractivity contribution < 1.29 is 9.53 Å². The van der Waals surface area contributed by atoms with Gasteiger partial charge in [-0.1, -0.05) is 31.5 Å². The van der Waals surface area contributed by atoms with Gasteiger partial charge in [0.1, 0.15) is 23.2 Å². The minimum absolute atomic E-state index is 0.150. The van der Waals surface area contributed by atoms with Gasteiger partial charge in [0.25, 0.3) is 0 Å². The molecule has 1 amide bonds. The minimum atomic E-state index is 0.150. The second kappa shape index (κ2) is 8.12. The lowest BCUT2D eigenvalue weighted by atomic mass is 9.83. The van der Waals surface area contributed by atoms with Crippen LogP contribution in [-0.2, 0) is 17.8 Å². The fourth-order valence-electron chi connectivity index (χ4n) is 4.10. The zero-order chi connectivity index (χ0) is 20.4. The Morgan fingerprint density at radius 3 is 2.86 bits per heavy atom. The van der Waals surface area contributed by atoms with Gasteiger partial charge in [0.2, 0.25) is 5.91 Å². The monoisotopic (exact) mass is 390 g/mol. The van der Waals surface area contributed by atoms with E-state index in [4.69, 9.17) is 10.5 Å². The van der Waals surface area contributed by atoms with Gasteiger partial charge in [0, 0.05) is 42.1 Å². The number of rotatable bonds is 5. The Bertz CT molecular complexity index is 976. The molecule has 0 spiro atoms. The highest BCUT2D eigenvalue weighted by Crippen LogP contribution is 2.40. The number of benzene rings is 1. The van der Waals surface area contributed by atoms with Crippen molar-refractivity contribution >= 4 is 11.7 Å². The summed E-state index contributed by atoms with van der Waals surface area (Å²) in [5.41, 5.74) is 9.90. The summed E-state index contributed by atoms with van der Waals surface area (Å²) in [6, 6.07) is 9.95. The lowest BCUT2D eigenvalue weighted by Gasteiger charge is -2.35. The quantitative estimate of drug-likeness (QED) is 0.841. The van der Waals surface area contributed by atoms with Gasteiger partial charge in [-0.15, -0.1) is 0 Å². The van der Waals surface area contributed by atoms with Gasteiger partial charge in [-0.3, -0.25) is 4.79 Å². The number of pyridine rings is 1. The highest BCUT2D eigenvalue weighted by molar-refractivity contribution is 5.84. The molecular weight excluding hydrogens is 364 g/mol. The average Bonchev–Trinajstić information content (AvgIpc) is 2.70. The summed E-state index contributed by atoms with van der Waals surface area (Å²) in [5, 5.41) is 9.85. The number of fused-ring (bicyclic) bond motifs is 1. The van der Waals surface area contributed by atoms with Gasteiger partial charge in [-0.2, -0.15) is 5.26 Å². The molecule has 0 radical (unpaired) electrons. The first-order valence-corrected chi connectivity index (χ1v) is 10.4. The maximum atomic E-state index is 12.9. The SMILES string of the molecule is CCCOc1ccccc1-c1c(C#N)c(N)nc2c1CN(C(=O)C1CCC1)CC2. The molecule has 0 atom stereocenters. The van der Waals surface area contributed by atoms with Crippen LogP contribution in [0.4, 0.5) is 5.82 Å². The number of para-hydroxylation sites is 1. The van der Waals surface area contributed by atoms with E-state index in [9.17, 15) is 10.1 Å². The predicted molar refractivity (Wildman–Crippen MR) is 111 cm³/mol. The molecule has 1 aromatic carbocycles. The Kier molecular flexibility index (Phi) is 5.39. The molecular formula is C23H26N4O2. The van der Waals surface area contributed by atoms with E-state index in [1.54, 1.807) is 0 Å². The molecule has 0 unspecified atom stereocenters. The van der Waals surface area contributed by atoms with Crippen LogP contribution < -0.4 is 10.5 Å². The van der Waals surface area contributed by atoms with Crippen LogP contribution in [0, 0.1) is 17.2 Å². The smallest absolute Gasteiger partial charge is 0.225 e. The topological polar surface area (TPSA) is 92.2 Å². The van der Waals surface area contributed by atoms with Crippen molar-refractivity contribution in [3.63, 3.8) is 0 Å². The number of hydrogen-bond donors (Lipinski definition) is 1. The predicted octanol–water partition coefficient (Wildman–Crippen LogP) is 3.68. The molecule has 150 valence electrons. The third-order valence-corrected chi connectivity index (χ3v) is 5.88. The molecule has 6 nitrogen and oxygen atoms in total. The largest absolute Gasteiger partial charge is 0.493 e. The summed E-state index contributed by atoms with van der Waals surface area (Å²) in [4.78, 5) is 19.3. The number of nitriles is 1. The zero-order valence-electron chi connectivity index (χ0n) is 16.8. The third-order valence-electron chi connectivity index (χ3n) is 5.88. The van der Waals surface area contributed by atoms with Gasteiger partial charge in [-0.25, -0.2) is 4.98 Å².